The number of rotatable bonds is 4. The Balaban J connectivity index is 0.00000256. The Morgan fingerprint density at radius 2 is 1.83 bits per heavy atom. The summed E-state index contributed by atoms with van der Waals surface area (Å²) in [7, 11) is 0. The molecule has 4 aromatic rings. The highest BCUT2D eigenvalue weighted by Gasteiger charge is 2.31. The van der Waals surface area contributed by atoms with Crippen LogP contribution in [-0.2, 0) is 12.7 Å². The van der Waals surface area contributed by atoms with E-state index in [1.54, 1.807) is 41.4 Å². The van der Waals surface area contributed by atoms with Crippen LogP contribution in [0.4, 0.5) is 24.0 Å². The van der Waals surface area contributed by atoms with E-state index in [1.807, 2.05) is 12.1 Å². The van der Waals surface area contributed by atoms with Crippen LogP contribution in [-0.4, -0.2) is 9.97 Å². The summed E-state index contributed by atoms with van der Waals surface area (Å²) >= 11 is 1.30. The quantitative estimate of drug-likeness (QED) is 0.367. The van der Waals surface area contributed by atoms with Gasteiger partial charge in [0.2, 0.25) is 0 Å². The molecule has 9 heteroatoms. The Morgan fingerprint density at radius 1 is 1.03 bits per heavy atom. The summed E-state index contributed by atoms with van der Waals surface area (Å²) in [5, 5.41) is 9.67. The first-order valence-electron chi connectivity index (χ1n) is 8.59. The maximum Gasteiger partial charge on any atom is 0.416 e. The summed E-state index contributed by atoms with van der Waals surface area (Å²) in [6.45, 7) is 0.261. The number of thiazole rings is 1. The van der Waals surface area contributed by atoms with Crippen LogP contribution in [0.2, 0.25) is 0 Å². The van der Waals surface area contributed by atoms with Gasteiger partial charge in [-0.1, -0.05) is 29.5 Å². The number of nitriles is 1. The van der Waals surface area contributed by atoms with Crippen LogP contribution >= 0.6 is 23.7 Å². The van der Waals surface area contributed by atoms with Crippen LogP contribution < -0.4 is 4.90 Å². The highest BCUT2D eigenvalue weighted by atomic mass is 35.5. The number of halogens is 4. The topological polar surface area (TPSA) is 52.8 Å². The molecule has 4 rings (SSSR count). The van der Waals surface area contributed by atoms with E-state index in [4.69, 9.17) is 5.26 Å². The van der Waals surface area contributed by atoms with Gasteiger partial charge < -0.3 is 4.90 Å². The summed E-state index contributed by atoms with van der Waals surface area (Å²) in [5.41, 5.74) is 1.58. The van der Waals surface area contributed by atoms with Crippen molar-refractivity contribution in [2.24, 2.45) is 0 Å². The van der Waals surface area contributed by atoms with E-state index in [0.717, 1.165) is 17.7 Å². The van der Waals surface area contributed by atoms with Crippen molar-refractivity contribution in [3.8, 4) is 6.07 Å². The van der Waals surface area contributed by atoms with Gasteiger partial charge in [-0.05, 0) is 48.0 Å². The zero-order valence-corrected chi connectivity index (χ0v) is 16.9. The molecule has 4 nitrogen and oxygen atoms in total. The first kappa shape index (κ1) is 21.6. The van der Waals surface area contributed by atoms with Crippen molar-refractivity contribution in [2.45, 2.75) is 12.7 Å². The van der Waals surface area contributed by atoms with Gasteiger partial charge in [0.25, 0.3) is 0 Å². The molecule has 2 aromatic heterocycles. The van der Waals surface area contributed by atoms with Crippen molar-refractivity contribution < 1.29 is 13.2 Å². The van der Waals surface area contributed by atoms with Crippen LogP contribution in [0.3, 0.4) is 0 Å². The molecular formula is C21H14ClF3N4S. The van der Waals surface area contributed by atoms with Gasteiger partial charge in [-0.2, -0.15) is 18.4 Å². The predicted octanol–water partition coefficient (Wildman–Crippen LogP) is 6.34. The van der Waals surface area contributed by atoms with Gasteiger partial charge in [-0.3, -0.25) is 0 Å². The third-order valence-electron chi connectivity index (χ3n) is 4.27. The Morgan fingerprint density at radius 3 is 2.57 bits per heavy atom. The molecule has 0 unspecified atom stereocenters. The molecule has 2 heterocycles. The zero-order chi connectivity index (χ0) is 20.4. The smallest absolute Gasteiger partial charge is 0.313 e. The van der Waals surface area contributed by atoms with Crippen LogP contribution in [0.15, 0.2) is 66.9 Å². The van der Waals surface area contributed by atoms with Gasteiger partial charge in [0, 0.05) is 11.9 Å². The maximum atomic E-state index is 13.2. The number of anilines is 2. The van der Waals surface area contributed by atoms with Crippen LogP contribution in [0.1, 0.15) is 16.7 Å². The molecule has 0 saturated heterocycles. The molecule has 0 saturated carbocycles. The van der Waals surface area contributed by atoms with Gasteiger partial charge in [-0.15, -0.1) is 12.4 Å². The van der Waals surface area contributed by atoms with E-state index in [9.17, 15) is 13.2 Å². The lowest BCUT2D eigenvalue weighted by atomic mass is 10.1. The number of nitrogens with zero attached hydrogens (tertiary/aromatic N) is 4. The van der Waals surface area contributed by atoms with Crippen molar-refractivity contribution in [3.63, 3.8) is 0 Å². The van der Waals surface area contributed by atoms with E-state index in [1.165, 1.54) is 17.4 Å². The van der Waals surface area contributed by atoms with Crippen molar-refractivity contribution in [1.82, 2.24) is 9.97 Å². The number of benzene rings is 2. The molecule has 0 radical (unpaired) electrons. The second-order valence-electron chi connectivity index (χ2n) is 6.27. The summed E-state index contributed by atoms with van der Waals surface area (Å²) in [4.78, 5) is 11.2. The number of hydrogen-bond donors (Lipinski definition) is 0. The lowest BCUT2D eigenvalue weighted by molar-refractivity contribution is -0.137. The molecule has 2 aromatic carbocycles. The van der Waals surface area contributed by atoms with Crippen molar-refractivity contribution in [1.29, 1.82) is 5.26 Å². The highest BCUT2D eigenvalue weighted by Crippen LogP contribution is 2.37. The van der Waals surface area contributed by atoms with Crippen LogP contribution in [0.5, 0.6) is 0 Å². The molecule has 0 aliphatic carbocycles. The standard InChI is InChI=1S/C21H13F3N4S.ClH/c22-21(23,24)16-6-2-7-17(11-16)28(13-15-5-1-4-14(10-15)12-25)20-27-18-8-3-9-26-19(18)29-20;/h1-11H,13H2;1H. The number of pyridine rings is 1. The van der Waals surface area contributed by atoms with Crippen molar-refractivity contribution in [3.05, 3.63) is 83.6 Å². The summed E-state index contributed by atoms with van der Waals surface area (Å²) in [5.74, 6) is 0. The van der Waals surface area contributed by atoms with Crippen LogP contribution in [0.25, 0.3) is 10.3 Å². The highest BCUT2D eigenvalue weighted by molar-refractivity contribution is 7.21. The average molecular weight is 447 g/mol. The van der Waals surface area contributed by atoms with E-state index in [0.29, 0.717) is 26.7 Å². The Bertz CT molecular complexity index is 1180. The number of fused-ring (bicyclic) bond motifs is 1. The largest absolute Gasteiger partial charge is 0.416 e. The fraction of sp³-hybridized carbons (Fsp3) is 0.0952. The van der Waals surface area contributed by atoms with Gasteiger partial charge in [0.15, 0.2) is 5.13 Å². The Hall–Kier alpha value is -3.15. The first-order chi connectivity index (χ1) is 13.9. The van der Waals surface area contributed by atoms with E-state index >= 15 is 0 Å². The van der Waals surface area contributed by atoms with Gasteiger partial charge in [0.1, 0.15) is 10.3 Å². The molecule has 0 aliphatic heterocycles. The summed E-state index contributed by atoms with van der Waals surface area (Å²) < 4.78 is 39.7. The number of alkyl halides is 3. The second-order valence-corrected chi connectivity index (χ2v) is 7.23. The SMILES string of the molecule is Cl.N#Cc1cccc(CN(c2cccc(C(F)(F)F)c2)c2nc3cccnc3s2)c1. The maximum absolute atomic E-state index is 13.2. The lowest BCUT2D eigenvalue weighted by Crippen LogP contribution is -2.17. The van der Waals surface area contributed by atoms with Crippen LogP contribution in [0, 0.1) is 11.3 Å². The first-order valence-corrected chi connectivity index (χ1v) is 9.41. The Labute approximate surface area is 180 Å². The minimum Gasteiger partial charge on any atom is -0.313 e. The molecule has 0 amide bonds. The fourth-order valence-corrected chi connectivity index (χ4v) is 3.84. The van der Waals surface area contributed by atoms with Gasteiger partial charge in [-0.25, -0.2) is 9.97 Å². The molecule has 30 heavy (non-hydrogen) atoms. The summed E-state index contributed by atoms with van der Waals surface area (Å²) in [6, 6.07) is 17.8. The normalized spacial score (nSPS) is 11.0. The Kier molecular flexibility index (Phi) is 6.25. The molecule has 0 N–H and O–H groups in total. The third kappa shape index (κ3) is 4.53. The van der Waals surface area contributed by atoms with Gasteiger partial charge >= 0.3 is 6.18 Å². The monoisotopic (exact) mass is 446 g/mol. The fourth-order valence-electron chi connectivity index (χ4n) is 2.92. The number of hydrogen-bond acceptors (Lipinski definition) is 5. The van der Waals surface area contributed by atoms with E-state index in [2.05, 4.69) is 16.0 Å². The average Bonchev–Trinajstić information content (AvgIpc) is 3.15. The minimum atomic E-state index is -4.45. The molecule has 152 valence electrons. The molecule has 0 spiro atoms. The zero-order valence-electron chi connectivity index (χ0n) is 15.3. The predicted molar refractivity (Wildman–Crippen MR) is 113 cm³/mol. The van der Waals surface area contributed by atoms with E-state index in [-0.39, 0.29) is 19.0 Å². The van der Waals surface area contributed by atoms with E-state index < -0.39 is 11.7 Å². The lowest BCUT2D eigenvalue weighted by Gasteiger charge is -2.23. The molecule has 0 fully saturated rings. The second kappa shape index (κ2) is 8.69. The molecular weight excluding hydrogens is 433 g/mol. The third-order valence-corrected chi connectivity index (χ3v) is 5.27. The minimum absolute atomic E-state index is 0. The molecule has 0 atom stereocenters. The van der Waals surface area contributed by atoms with Gasteiger partial charge in [0.05, 0.1) is 23.7 Å². The molecule has 0 bridgehead atoms. The van der Waals surface area contributed by atoms with Crippen molar-refractivity contribution in [2.75, 3.05) is 4.90 Å². The van der Waals surface area contributed by atoms with Crippen molar-refractivity contribution >= 4 is 44.9 Å². The number of aromatic nitrogens is 2. The molecule has 0 aliphatic rings. The summed E-state index contributed by atoms with van der Waals surface area (Å²) in [6.07, 6.45) is -2.80.